The van der Waals surface area contributed by atoms with Crippen molar-refractivity contribution in [2.24, 2.45) is 5.92 Å². The summed E-state index contributed by atoms with van der Waals surface area (Å²) in [6.07, 6.45) is 5.08. The molecule has 1 amide bonds. The first-order valence-electron chi connectivity index (χ1n) is 11.6. The fraction of sp³-hybridized carbons (Fsp3) is 0.417. The normalized spacial score (nSPS) is 15.1. The lowest BCUT2D eigenvalue weighted by Gasteiger charge is -2.20. The Hall–Kier alpha value is -3.09. The number of nitrogens with one attached hydrogen (secondary N) is 2. The number of carboxylic acids is 1. The van der Waals surface area contributed by atoms with Gasteiger partial charge >= 0.3 is 5.97 Å². The number of hydrogen-bond acceptors (Lipinski definition) is 9. The van der Waals surface area contributed by atoms with Crippen LogP contribution in [0, 0.1) is 5.92 Å². The van der Waals surface area contributed by atoms with E-state index in [1.165, 1.54) is 30.6 Å². The van der Waals surface area contributed by atoms with Gasteiger partial charge in [0.05, 0.1) is 24.5 Å². The van der Waals surface area contributed by atoms with E-state index in [1.807, 2.05) is 0 Å². The van der Waals surface area contributed by atoms with Gasteiger partial charge in [0.25, 0.3) is 0 Å². The maximum atomic E-state index is 13.4. The molecular weight excluding hydrogens is 504 g/mol. The minimum Gasteiger partial charge on any atom is -0.481 e. The van der Waals surface area contributed by atoms with Crippen molar-refractivity contribution >= 4 is 48.5 Å². The molecular formula is C24H28N4O6S2. The van der Waals surface area contributed by atoms with Gasteiger partial charge in [-0.05, 0) is 36.1 Å². The van der Waals surface area contributed by atoms with Gasteiger partial charge in [-0.25, -0.2) is 18.4 Å². The number of aromatic nitrogens is 2. The van der Waals surface area contributed by atoms with Gasteiger partial charge in [-0.2, -0.15) is 0 Å². The third kappa shape index (κ3) is 6.37. The fourth-order valence-corrected chi connectivity index (χ4v) is 6.34. The van der Waals surface area contributed by atoms with Crippen LogP contribution < -0.4 is 15.4 Å². The van der Waals surface area contributed by atoms with Crippen molar-refractivity contribution in [3.05, 3.63) is 42.0 Å². The molecule has 1 fully saturated rings. The standard InChI is InChI=1S/C24H28N4O6S2/c1-34-20-11-10-19-23(27-20)35-24(26-19)28-22(31)18(12-15-4-2-3-5-15)16-6-8-17(9-7-16)36(32,33)14-25-13-21(29)30/h6-11,15,18,25H,2-5,12-14H2,1H3,(H,29,30)(H,26,28,31)/t18-/m1/s1. The van der Waals surface area contributed by atoms with E-state index < -0.39 is 34.1 Å². The second kappa shape index (κ2) is 11.3. The zero-order chi connectivity index (χ0) is 25.7. The molecule has 36 heavy (non-hydrogen) atoms. The molecule has 192 valence electrons. The highest BCUT2D eigenvalue weighted by Gasteiger charge is 2.28. The zero-order valence-electron chi connectivity index (χ0n) is 19.8. The summed E-state index contributed by atoms with van der Waals surface area (Å²) in [7, 11) is -2.17. The number of fused-ring (bicyclic) bond motifs is 1. The highest BCUT2D eigenvalue weighted by molar-refractivity contribution is 7.91. The number of aliphatic carboxylic acids is 1. The van der Waals surface area contributed by atoms with Crippen molar-refractivity contribution in [3.63, 3.8) is 0 Å². The Balaban J connectivity index is 1.53. The molecule has 1 aliphatic rings. The molecule has 3 N–H and O–H groups in total. The van der Waals surface area contributed by atoms with Crippen molar-refractivity contribution in [2.45, 2.75) is 42.9 Å². The molecule has 1 saturated carbocycles. The molecule has 0 radical (unpaired) electrons. The van der Waals surface area contributed by atoms with Crippen LogP contribution in [-0.4, -0.2) is 54.9 Å². The number of anilines is 1. The number of ether oxygens (including phenoxy) is 1. The Morgan fingerprint density at radius 1 is 1.14 bits per heavy atom. The van der Waals surface area contributed by atoms with Crippen LogP contribution in [-0.2, 0) is 19.4 Å². The van der Waals surface area contributed by atoms with Gasteiger partial charge in [0.15, 0.2) is 15.0 Å². The molecule has 0 unspecified atom stereocenters. The van der Waals surface area contributed by atoms with E-state index >= 15 is 0 Å². The Morgan fingerprint density at radius 2 is 1.86 bits per heavy atom. The first-order chi connectivity index (χ1) is 17.2. The quantitative estimate of drug-likeness (QED) is 0.338. The number of thiazole rings is 1. The third-order valence-corrected chi connectivity index (χ3v) is 8.69. The Labute approximate surface area is 213 Å². The van der Waals surface area contributed by atoms with Crippen LogP contribution in [0.25, 0.3) is 10.3 Å². The number of carbonyl (C=O) groups excluding carboxylic acids is 1. The number of nitrogens with zero attached hydrogens (tertiary/aromatic N) is 2. The Kier molecular flexibility index (Phi) is 8.17. The van der Waals surface area contributed by atoms with E-state index in [9.17, 15) is 18.0 Å². The van der Waals surface area contributed by atoms with Crippen LogP contribution in [0.2, 0.25) is 0 Å². The van der Waals surface area contributed by atoms with Gasteiger partial charge in [0, 0.05) is 6.07 Å². The van der Waals surface area contributed by atoms with Gasteiger partial charge in [-0.15, -0.1) is 0 Å². The second-order valence-corrected chi connectivity index (χ2v) is 11.7. The first-order valence-corrected chi connectivity index (χ1v) is 14.1. The van der Waals surface area contributed by atoms with E-state index in [1.54, 1.807) is 24.3 Å². The minimum absolute atomic E-state index is 0.0651. The van der Waals surface area contributed by atoms with Crippen LogP contribution in [0.3, 0.4) is 0 Å². The lowest BCUT2D eigenvalue weighted by Crippen LogP contribution is -2.28. The smallest absolute Gasteiger partial charge is 0.317 e. The molecule has 12 heteroatoms. The number of amides is 1. The summed E-state index contributed by atoms with van der Waals surface area (Å²) in [6, 6.07) is 9.76. The number of sulfone groups is 1. The van der Waals surface area contributed by atoms with Crippen LogP contribution in [0.15, 0.2) is 41.3 Å². The molecule has 0 aliphatic heterocycles. The van der Waals surface area contributed by atoms with Crippen molar-refractivity contribution in [1.82, 2.24) is 15.3 Å². The second-order valence-electron chi connectivity index (χ2n) is 8.77. The van der Waals surface area contributed by atoms with Gasteiger partial charge in [0.1, 0.15) is 16.2 Å². The summed E-state index contributed by atoms with van der Waals surface area (Å²) >= 11 is 1.26. The molecule has 1 aliphatic carbocycles. The predicted molar refractivity (Wildman–Crippen MR) is 136 cm³/mol. The van der Waals surface area contributed by atoms with Crippen molar-refractivity contribution in [1.29, 1.82) is 0 Å². The molecule has 2 heterocycles. The number of rotatable bonds is 11. The van der Waals surface area contributed by atoms with Crippen molar-refractivity contribution < 1.29 is 27.9 Å². The van der Waals surface area contributed by atoms with Crippen LogP contribution >= 0.6 is 11.3 Å². The van der Waals surface area contributed by atoms with Gasteiger partial charge in [-0.1, -0.05) is 49.2 Å². The van der Waals surface area contributed by atoms with Crippen LogP contribution in [0.1, 0.15) is 43.6 Å². The molecule has 10 nitrogen and oxygen atoms in total. The molecule has 2 aromatic heterocycles. The van der Waals surface area contributed by atoms with E-state index in [0.29, 0.717) is 33.7 Å². The molecule has 0 spiro atoms. The average molecular weight is 533 g/mol. The highest BCUT2D eigenvalue weighted by atomic mass is 32.2. The third-order valence-electron chi connectivity index (χ3n) is 6.24. The summed E-state index contributed by atoms with van der Waals surface area (Å²) in [5.41, 5.74) is 1.38. The van der Waals surface area contributed by atoms with E-state index in [-0.39, 0.29) is 10.8 Å². The minimum atomic E-state index is -3.71. The van der Waals surface area contributed by atoms with E-state index in [2.05, 4.69) is 20.6 Å². The largest absolute Gasteiger partial charge is 0.481 e. The van der Waals surface area contributed by atoms with Crippen LogP contribution in [0.5, 0.6) is 5.88 Å². The van der Waals surface area contributed by atoms with E-state index in [4.69, 9.17) is 9.84 Å². The summed E-state index contributed by atoms with van der Waals surface area (Å²) in [5.74, 6) is -1.40. The number of pyridine rings is 1. The van der Waals surface area contributed by atoms with E-state index in [0.717, 1.165) is 31.2 Å². The summed E-state index contributed by atoms with van der Waals surface area (Å²) < 4.78 is 30.2. The maximum Gasteiger partial charge on any atom is 0.317 e. The lowest BCUT2D eigenvalue weighted by atomic mass is 9.87. The number of carbonyl (C=O) groups is 2. The van der Waals surface area contributed by atoms with Crippen molar-refractivity contribution in [3.8, 4) is 5.88 Å². The summed E-state index contributed by atoms with van der Waals surface area (Å²) in [6.45, 7) is -0.449. The van der Waals surface area contributed by atoms with Crippen LogP contribution in [0.4, 0.5) is 5.13 Å². The van der Waals surface area contributed by atoms with Crippen molar-refractivity contribution in [2.75, 3.05) is 24.8 Å². The lowest BCUT2D eigenvalue weighted by molar-refractivity contribution is -0.135. The zero-order valence-corrected chi connectivity index (χ0v) is 21.4. The molecule has 1 aromatic carbocycles. The SMILES string of the molecule is COc1ccc2nc(NC(=O)[C@H](CC3CCCC3)c3ccc(S(=O)(=O)CNCC(=O)O)cc3)sc2n1. The number of methoxy groups -OCH3 is 1. The Morgan fingerprint density at radius 3 is 2.53 bits per heavy atom. The fourth-order valence-electron chi connectivity index (χ4n) is 4.42. The highest BCUT2D eigenvalue weighted by Crippen LogP contribution is 2.36. The topological polar surface area (TPSA) is 148 Å². The first kappa shape index (κ1) is 26.0. The number of benzene rings is 1. The molecule has 0 saturated heterocycles. The molecule has 3 aromatic rings. The van der Waals surface area contributed by atoms with Gasteiger partial charge in [-0.3, -0.25) is 14.9 Å². The monoisotopic (exact) mass is 532 g/mol. The Bertz CT molecular complexity index is 1330. The summed E-state index contributed by atoms with van der Waals surface area (Å²) in [5, 5.41) is 14.5. The molecule has 1 atom stereocenters. The molecule has 0 bridgehead atoms. The number of carboxylic acid groups (broad SMARTS) is 1. The number of hydrogen-bond donors (Lipinski definition) is 3. The van der Waals surface area contributed by atoms with Gasteiger partial charge < -0.3 is 15.2 Å². The maximum absolute atomic E-state index is 13.4. The summed E-state index contributed by atoms with van der Waals surface area (Å²) in [4.78, 5) is 33.6. The average Bonchev–Trinajstić information content (AvgIpc) is 3.51. The molecule has 4 rings (SSSR count). The van der Waals surface area contributed by atoms with Gasteiger partial charge in [0.2, 0.25) is 11.8 Å². The predicted octanol–water partition coefficient (Wildman–Crippen LogP) is 3.41.